The fourth-order valence-corrected chi connectivity index (χ4v) is 4.78. The lowest BCUT2D eigenvalue weighted by Crippen LogP contribution is -2.31. The van der Waals surface area contributed by atoms with Crippen molar-refractivity contribution in [3.05, 3.63) is 48.3 Å². The van der Waals surface area contributed by atoms with Gasteiger partial charge in [-0.05, 0) is 37.3 Å². The van der Waals surface area contributed by atoms with E-state index in [0.717, 1.165) is 12.8 Å². The van der Waals surface area contributed by atoms with Crippen molar-refractivity contribution in [2.24, 2.45) is 0 Å². The van der Waals surface area contributed by atoms with Gasteiger partial charge >= 0.3 is 0 Å². The van der Waals surface area contributed by atoms with Gasteiger partial charge < -0.3 is 20.3 Å². The van der Waals surface area contributed by atoms with Gasteiger partial charge in [0.1, 0.15) is 24.4 Å². The number of halogens is 1. The molecular formula is C23H28FN5O3. The van der Waals surface area contributed by atoms with Gasteiger partial charge in [0.05, 0.1) is 12.4 Å². The molecule has 1 aliphatic carbocycles. The van der Waals surface area contributed by atoms with Crippen LogP contribution in [0.4, 0.5) is 10.2 Å². The molecule has 2 fully saturated rings. The number of aromatic nitrogens is 4. The fourth-order valence-electron chi connectivity index (χ4n) is 4.78. The van der Waals surface area contributed by atoms with Gasteiger partial charge in [-0.1, -0.05) is 37.5 Å². The zero-order valence-electron chi connectivity index (χ0n) is 17.8. The van der Waals surface area contributed by atoms with Gasteiger partial charge in [-0.3, -0.25) is 4.57 Å². The number of aliphatic hydroxyl groups is 2. The fraction of sp³-hybridized carbons (Fsp3) is 0.522. The van der Waals surface area contributed by atoms with Crippen LogP contribution in [0.1, 0.15) is 50.3 Å². The first kappa shape index (κ1) is 21.2. The number of hydrogen-bond acceptors (Lipinski definition) is 7. The molecule has 3 aromatic rings. The standard InChI is InChI=1S/C23H28FN5O3/c24-16-9-5-4-6-14(16)10-11-17-19(30)20(31)23(32-17)29-13-27-18-21(25-12-26-22(18)29)28-15-7-2-1-3-8-15/h4-6,9,12-13,15,17,19-20,23,30-31H,1-3,7-8,10-11H2,(H,25,26,28)/t17-,19-,20-,23-/m1/s1. The molecule has 0 spiro atoms. The average molecular weight is 442 g/mol. The number of rotatable bonds is 6. The minimum Gasteiger partial charge on any atom is -0.388 e. The van der Waals surface area contributed by atoms with E-state index >= 15 is 0 Å². The third kappa shape index (κ3) is 4.07. The minimum atomic E-state index is -1.15. The molecule has 0 radical (unpaired) electrons. The van der Waals surface area contributed by atoms with Crippen LogP contribution in [-0.4, -0.2) is 54.1 Å². The number of aryl methyl sites for hydroxylation is 1. The minimum absolute atomic E-state index is 0.285. The Bertz CT molecular complexity index is 1070. The summed E-state index contributed by atoms with van der Waals surface area (Å²) < 4.78 is 21.6. The molecule has 1 aliphatic heterocycles. The van der Waals surface area contributed by atoms with Gasteiger partial charge in [0.25, 0.3) is 0 Å². The maximum Gasteiger partial charge on any atom is 0.167 e. The Morgan fingerprint density at radius 1 is 1.06 bits per heavy atom. The highest BCUT2D eigenvalue weighted by Gasteiger charge is 2.44. The Morgan fingerprint density at radius 3 is 2.69 bits per heavy atom. The molecule has 9 heteroatoms. The van der Waals surface area contributed by atoms with E-state index in [1.165, 1.54) is 31.7 Å². The molecular weight excluding hydrogens is 413 g/mol. The summed E-state index contributed by atoms with van der Waals surface area (Å²) in [4.78, 5) is 13.2. The van der Waals surface area contributed by atoms with Gasteiger partial charge in [-0.25, -0.2) is 19.3 Å². The largest absolute Gasteiger partial charge is 0.388 e. The molecule has 0 unspecified atom stereocenters. The maximum atomic E-state index is 13.9. The van der Waals surface area contributed by atoms with Crippen molar-refractivity contribution < 1.29 is 19.3 Å². The highest BCUT2D eigenvalue weighted by atomic mass is 19.1. The summed E-state index contributed by atoms with van der Waals surface area (Å²) in [5.41, 5.74) is 1.70. The second kappa shape index (κ2) is 9.09. The van der Waals surface area contributed by atoms with Crippen molar-refractivity contribution in [3.8, 4) is 0 Å². The summed E-state index contributed by atoms with van der Waals surface area (Å²) in [6, 6.07) is 6.91. The van der Waals surface area contributed by atoms with Crippen LogP contribution in [0.25, 0.3) is 11.2 Å². The van der Waals surface area contributed by atoms with Crippen molar-refractivity contribution in [2.45, 2.75) is 75.5 Å². The van der Waals surface area contributed by atoms with Crippen LogP contribution >= 0.6 is 0 Å². The van der Waals surface area contributed by atoms with Gasteiger partial charge in [-0.15, -0.1) is 0 Å². The van der Waals surface area contributed by atoms with E-state index in [0.29, 0.717) is 41.4 Å². The molecule has 3 N–H and O–H groups in total. The Morgan fingerprint density at radius 2 is 1.88 bits per heavy atom. The molecule has 1 saturated carbocycles. The summed E-state index contributed by atoms with van der Waals surface area (Å²) in [6.45, 7) is 0. The Kier molecular flexibility index (Phi) is 6.03. The van der Waals surface area contributed by atoms with Gasteiger partial charge in [0, 0.05) is 6.04 Å². The molecule has 1 saturated heterocycles. The van der Waals surface area contributed by atoms with Crippen LogP contribution in [0.2, 0.25) is 0 Å². The lowest BCUT2D eigenvalue weighted by molar-refractivity contribution is -0.0368. The number of imidazole rings is 1. The summed E-state index contributed by atoms with van der Waals surface area (Å²) in [5.74, 6) is 0.386. The molecule has 0 amide bonds. The van der Waals surface area contributed by atoms with Crippen molar-refractivity contribution in [3.63, 3.8) is 0 Å². The zero-order valence-corrected chi connectivity index (χ0v) is 17.8. The highest BCUT2D eigenvalue weighted by molar-refractivity contribution is 5.82. The van der Waals surface area contributed by atoms with Crippen LogP contribution < -0.4 is 5.32 Å². The lowest BCUT2D eigenvalue weighted by Gasteiger charge is -2.23. The third-order valence-corrected chi connectivity index (χ3v) is 6.57. The quantitative estimate of drug-likeness (QED) is 0.540. The third-order valence-electron chi connectivity index (χ3n) is 6.57. The molecule has 32 heavy (non-hydrogen) atoms. The molecule has 2 aliphatic rings. The molecule has 4 atom stereocenters. The van der Waals surface area contributed by atoms with Crippen molar-refractivity contribution >= 4 is 17.0 Å². The Balaban J connectivity index is 1.33. The predicted octanol–water partition coefficient (Wildman–Crippen LogP) is 2.96. The van der Waals surface area contributed by atoms with Crippen molar-refractivity contribution in [2.75, 3.05) is 5.32 Å². The van der Waals surface area contributed by atoms with Crippen LogP contribution in [0, 0.1) is 5.82 Å². The Hall–Kier alpha value is -2.62. The SMILES string of the molecule is O[C@@H]1[C@H](O)[C@@H](CCc2ccccc2F)O[C@H]1n1cnc2c(NC3CCCCC3)ncnc21. The van der Waals surface area contributed by atoms with E-state index in [-0.39, 0.29) is 5.82 Å². The first-order valence-corrected chi connectivity index (χ1v) is 11.3. The summed E-state index contributed by atoms with van der Waals surface area (Å²) >= 11 is 0. The van der Waals surface area contributed by atoms with Crippen LogP contribution in [0.15, 0.2) is 36.9 Å². The van der Waals surface area contributed by atoms with E-state index in [4.69, 9.17) is 4.74 Å². The van der Waals surface area contributed by atoms with E-state index in [1.807, 2.05) is 0 Å². The first-order valence-electron chi connectivity index (χ1n) is 11.3. The van der Waals surface area contributed by atoms with E-state index in [9.17, 15) is 14.6 Å². The van der Waals surface area contributed by atoms with E-state index in [1.54, 1.807) is 29.1 Å². The zero-order chi connectivity index (χ0) is 22.1. The summed E-state index contributed by atoms with van der Waals surface area (Å²) in [7, 11) is 0. The first-order chi connectivity index (χ1) is 15.6. The highest BCUT2D eigenvalue weighted by Crippen LogP contribution is 2.34. The summed E-state index contributed by atoms with van der Waals surface area (Å²) in [5, 5.41) is 24.7. The number of ether oxygens (including phenoxy) is 1. The molecule has 170 valence electrons. The number of aliphatic hydroxyl groups excluding tert-OH is 2. The number of fused-ring (bicyclic) bond motifs is 1. The van der Waals surface area contributed by atoms with Crippen LogP contribution in [-0.2, 0) is 11.2 Å². The normalized spacial score (nSPS) is 26.6. The van der Waals surface area contributed by atoms with Gasteiger partial charge in [-0.2, -0.15) is 0 Å². The summed E-state index contributed by atoms with van der Waals surface area (Å²) in [6.07, 6.45) is 5.98. The van der Waals surface area contributed by atoms with Gasteiger partial charge in [0.15, 0.2) is 23.2 Å². The number of anilines is 1. The maximum absolute atomic E-state index is 13.9. The number of nitrogens with zero attached hydrogens (tertiary/aromatic N) is 4. The monoisotopic (exact) mass is 441 g/mol. The van der Waals surface area contributed by atoms with E-state index < -0.39 is 24.5 Å². The average Bonchev–Trinajstić information content (AvgIpc) is 3.36. The smallest absolute Gasteiger partial charge is 0.167 e. The molecule has 1 aromatic carbocycles. The number of benzene rings is 1. The molecule has 2 aromatic heterocycles. The number of hydrogen-bond donors (Lipinski definition) is 3. The molecule has 5 rings (SSSR count). The molecule has 0 bridgehead atoms. The van der Waals surface area contributed by atoms with Crippen LogP contribution in [0.3, 0.4) is 0 Å². The predicted molar refractivity (Wildman–Crippen MR) is 116 cm³/mol. The topological polar surface area (TPSA) is 105 Å². The second-order valence-corrected chi connectivity index (χ2v) is 8.70. The van der Waals surface area contributed by atoms with Crippen molar-refractivity contribution in [1.29, 1.82) is 0 Å². The second-order valence-electron chi connectivity index (χ2n) is 8.70. The van der Waals surface area contributed by atoms with Crippen LogP contribution in [0.5, 0.6) is 0 Å². The van der Waals surface area contributed by atoms with E-state index in [2.05, 4.69) is 20.3 Å². The molecule has 8 nitrogen and oxygen atoms in total. The Labute approximate surface area is 185 Å². The number of nitrogens with one attached hydrogen (secondary N) is 1. The molecule has 3 heterocycles. The van der Waals surface area contributed by atoms with Gasteiger partial charge in [0.2, 0.25) is 0 Å². The van der Waals surface area contributed by atoms with Crippen molar-refractivity contribution in [1.82, 2.24) is 19.5 Å². The lowest BCUT2D eigenvalue weighted by atomic mass is 9.95.